The summed E-state index contributed by atoms with van der Waals surface area (Å²) in [7, 11) is 0. The van der Waals surface area contributed by atoms with Gasteiger partial charge in [-0.1, -0.05) is 103 Å². The Balaban J connectivity index is 0.981. The SMILES string of the molecule is Cc1ccc2c(N(c3ccccc3)c3ccc4oc5ccccc5c4c3)cc3c4cc(C)cc5c4c(cc3c2c1)-c1ccc(N(c2ccccc2)c2ccc3oc4ccccc4c3c2)cc1O5. The van der Waals surface area contributed by atoms with Gasteiger partial charge in [0.25, 0.3) is 0 Å². The molecule has 316 valence electrons. The van der Waals surface area contributed by atoms with Gasteiger partial charge < -0.3 is 23.4 Å². The minimum Gasteiger partial charge on any atom is -0.456 e. The average Bonchev–Trinajstić information content (AvgIpc) is 3.93. The molecule has 1 aliphatic rings. The fraction of sp³-hybridized carbons (Fsp3) is 0.0323. The van der Waals surface area contributed by atoms with E-state index in [-0.39, 0.29) is 0 Å². The molecule has 0 atom stereocenters. The molecule has 14 rings (SSSR count). The first-order chi connectivity index (χ1) is 33.0. The fourth-order valence-electron chi connectivity index (χ4n) is 10.7. The normalized spacial score (nSPS) is 12.1. The van der Waals surface area contributed by atoms with E-state index in [1.807, 2.05) is 24.3 Å². The van der Waals surface area contributed by atoms with Crippen LogP contribution in [0.25, 0.3) is 87.3 Å². The molecule has 0 unspecified atom stereocenters. The summed E-state index contributed by atoms with van der Waals surface area (Å²) < 4.78 is 19.6. The number of nitrogens with zero attached hydrogens (tertiary/aromatic N) is 2. The summed E-state index contributed by atoms with van der Waals surface area (Å²) in [5, 5.41) is 11.4. The lowest BCUT2D eigenvalue weighted by Gasteiger charge is -2.29. The molecular formula is C62H40N2O3. The lowest BCUT2D eigenvalue weighted by molar-refractivity contribution is 0.487. The molecule has 0 spiro atoms. The maximum absolute atomic E-state index is 7.09. The zero-order valence-electron chi connectivity index (χ0n) is 36.7. The van der Waals surface area contributed by atoms with Crippen molar-refractivity contribution in [1.29, 1.82) is 0 Å². The first-order valence-corrected chi connectivity index (χ1v) is 22.8. The van der Waals surface area contributed by atoms with Gasteiger partial charge in [-0.25, -0.2) is 0 Å². The first kappa shape index (κ1) is 37.6. The first-order valence-electron chi connectivity index (χ1n) is 22.8. The van der Waals surface area contributed by atoms with Crippen molar-refractivity contribution in [1.82, 2.24) is 0 Å². The largest absolute Gasteiger partial charge is 0.456 e. The molecule has 3 heterocycles. The molecule has 0 fully saturated rings. The Morgan fingerprint density at radius 3 is 1.52 bits per heavy atom. The van der Waals surface area contributed by atoms with Crippen molar-refractivity contribution < 1.29 is 13.6 Å². The van der Waals surface area contributed by atoms with Crippen molar-refractivity contribution >= 4 is 110 Å². The van der Waals surface area contributed by atoms with Gasteiger partial charge in [-0.15, -0.1) is 0 Å². The van der Waals surface area contributed by atoms with Crippen molar-refractivity contribution in [3.63, 3.8) is 0 Å². The van der Waals surface area contributed by atoms with E-state index in [9.17, 15) is 0 Å². The number of ether oxygens (including phenoxy) is 1. The van der Waals surface area contributed by atoms with Gasteiger partial charge in [0.1, 0.15) is 33.8 Å². The van der Waals surface area contributed by atoms with Crippen molar-refractivity contribution in [2.75, 3.05) is 9.80 Å². The number of para-hydroxylation sites is 4. The zero-order valence-corrected chi connectivity index (χ0v) is 36.7. The summed E-state index contributed by atoms with van der Waals surface area (Å²) in [6.45, 7) is 4.36. The van der Waals surface area contributed by atoms with Crippen molar-refractivity contribution in [3.8, 4) is 22.6 Å². The fourth-order valence-corrected chi connectivity index (χ4v) is 10.7. The van der Waals surface area contributed by atoms with E-state index >= 15 is 0 Å². The van der Waals surface area contributed by atoms with E-state index in [1.54, 1.807) is 0 Å². The van der Waals surface area contributed by atoms with E-state index in [2.05, 4.69) is 206 Å². The number of rotatable bonds is 6. The van der Waals surface area contributed by atoms with Crippen LogP contribution in [0.1, 0.15) is 11.1 Å². The van der Waals surface area contributed by atoms with E-state index < -0.39 is 0 Å². The Labute approximate surface area is 385 Å². The summed E-state index contributed by atoms with van der Waals surface area (Å²) in [4.78, 5) is 4.70. The van der Waals surface area contributed by atoms with Gasteiger partial charge in [0.15, 0.2) is 0 Å². The van der Waals surface area contributed by atoms with Gasteiger partial charge >= 0.3 is 0 Å². The maximum Gasteiger partial charge on any atom is 0.137 e. The summed E-state index contributed by atoms with van der Waals surface area (Å²) in [6.07, 6.45) is 0. The third kappa shape index (κ3) is 5.81. The predicted octanol–water partition coefficient (Wildman–Crippen LogP) is 18.3. The highest BCUT2D eigenvalue weighted by atomic mass is 16.5. The molecular weight excluding hydrogens is 821 g/mol. The topological polar surface area (TPSA) is 42.0 Å². The Morgan fingerprint density at radius 1 is 0.299 bits per heavy atom. The Kier molecular flexibility index (Phi) is 8.05. The van der Waals surface area contributed by atoms with Crippen LogP contribution in [0.3, 0.4) is 0 Å². The number of hydrogen-bond acceptors (Lipinski definition) is 5. The number of benzene rings is 11. The van der Waals surface area contributed by atoms with E-state index in [4.69, 9.17) is 13.6 Å². The molecule has 67 heavy (non-hydrogen) atoms. The quantitative estimate of drug-likeness (QED) is 0.156. The van der Waals surface area contributed by atoms with Crippen LogP contribution in [-0.2, 0) is 0 Å². The minimum absolute atomic E-state index is 0.821. The monoisotopic (exact) mass is 860 g/mol. The maximum atomic E-state index is 7.09. The molecule has 0 saturated carbocycles. The molecule has 0 aliphatic carbocycles. The number of furan rings is 2. The molecule has 13 aromatic rings. The van der Waals surface area contributed by atoms with Gasteiger partial charge in [-0.05, 0) is 150 Å². The van der Waals surface area contributed by atoms with Crippen LogP contribution in [0.4, 0.5) is 34.1 Å². The highest BCUT2D eigenvalue weighted by Crippen LogP contribution is 2.53. The Hall–Kier alpha value is -8.80. The highest BCUT2D eigenvalue weighted by molar-refractivity contribution is 6.26. The summed E-state index contributed by atoms with van der Waals surface area (Å²) >= 11 is 0. The van der Waals surface area contributed by atoms with Gasteiger partial charge in [0.05, 0.1) is 5.69 Å². The molecule has 11 aromatic carbocycles. The molecule has 0 bridgehead atoms. The minimum atomic E-state index is 0.821. The molecule has 0 amide bonds. The number of anilines is 6. The molecule has 5 heteroatoms. The second-order valence-corrected chi connectivity index (χ2v) is 17.8. The van der Waals surface area contributed by atoms with Crippen LogP contribution < -0.4 is 14.5 Å². The highest BCUT2D eigenvalue weighted by Gasteiger charge is 2.27. The van der Waals surface area contributed by atoms with Crippen molar-refractivity contribution in [2.45, 2.75) is 13.8 Å². The average molecular weight is 861 g/mol. The van der Waals surface area contributed by atoms with Gasteiger partial charge in [0.2, 0.25) is 0 Å². The predicted molar refractivity (Wildman–Crippen MR) is 278 cm³/mol. The third-order valence-electron chi connectivity index (χ3n) is 13.6. The smallest absolute Gasteiger partial charge is 0.137 e. The second-order valence-electron chi connectivity index (χ2n) is 17.8. The van der Waals surface area contributed by atoms with Crippen molar-refractivity contribution in [3.05, 3.63) is 217 Å². The molecule has 0 radical (unpaired) electrons. The van der Waals surface area contributed by atoms with Gasteiger partial charge in [0, 0.05) is 72.4 Å². The molecule has 0 saturated heterocycles. The second kappa shape index (κ2) is 14.4. The van der Waals surface area contributed by atoms with Gasteiger partial charge in [-0.2, -0.15) is 0 Å². The van der Waals surface area contributed by atoms with Crippen LogP contribution >= 0.6 is 0 Å². The van der Waals surface area contributed by atoms with Crippen LogP contribution in [-0.4, -0.2) is 0 Å². The summed E-state index contributed by atoms with van der Waals surface area (Å²) in [5.41, 5.74) is 14.4. The molecule has 5 nitrogen and oxygen atoms in total. The molecule has 1 aliphatic heterocycles. The van der Waals surface area contributed by atoms with Gasteiger partial charge in [-0.3, -0.25) is 0 Å². The van der Waals surface area contributed by atoms with E-state index in [0.29, 0.717) is 0 Å². The van der Waals surface area contributed by atoms with Crippen LogP contribution in [0.2, 0.25) is 0 Å². The van der Waals surface area contributed by atoms with Crippen LogP contribution in [0.15, 0.2) is 215 Å². The number of aryl methyl sites for hydroxylation is 2. The lowest BCUT2D eigenvalue weighted by Crippen LogP contribution is -2.11. The Morgan fingerprint density at radius 2 is 0.836 bits per heavy atom. The molecule has 0 N–H and O–H groups in total. The summed E-state index contributed by atoms with van der Waals surface area (Å²) in [5.74, 6) is 1.68. The van der Waals surface area contributed by atoms with Crippen LogP contribution in [0, 0.1) is 13.8 Å². The number of hydrogen-bond donors (Lipinski definition) is 0. The molecule has 2 aromatic heterocycles. The Bertz CT molecular complexity index is 4170. The third-order valence-corrected chi connectivity index (χ3v) is 13.6. The van der Waals surface area contributed by atoms with Crippen LogP contribution in [0.5, 0.6) is 11.5 Å². The van der Waals surface area contributed by atoms with E-state index in [0.717, 1.165) is 117 Å². The summed E-state index contributed by atoms with van der Waals surface area (Å²) in [6, 6.07) is 73.7. The standard InChI is InChI=1S/C62H40N2O3/c1-37-21-25-44-48(29-37)49-35-54-47-26-22-43(63(39-13-5-3-6-14-39)41-23-27-58-51(32-41)45-17-9-11-19-56(45)65-58)34-60(47)67-61-31-38(2)30-53(62(54)61)50(49)36-55(44)64(40-15-7-4-8-16-40)42-24-28-59-52(33-42)46-18-10-12-20-57(46)66-59/h3-36H,1-2H3. The zero-order chi connectivity index (χ0) is 44.3. The van der Waals surface area contributed by atoms with Crippen molar-refractivity contribution in [2.24, 2.45) is 0 Å². The lowest BCUT2D eigenvalue weighted by atomic mass is 9.87. The van der Waals surface area contributed by atoms with E-state index in [1.165, 1.54) is 27.1 Å². The number of fused-ring (bicyclic) bond motifs is 12.